The van der Waals surface area contributed by atoms with Crippen LogP contribution in [-0.4, -0.2) is 68.9 Å². The fourth-order valence-corrected chi connectivity index (χ4v) is 5.51. The van der Waals surface area contributed by atoms with Crippen LogP contribution in [0.4, 0.5) is 5.95 Å². The molecule has 29 heavy (non-hydrogen) atoms. The van der Waals surface area contributed by atoms with E-state index in [-0.39, 0.29) is 18.5 Å². The Labute approximate surface area is 175 Å². The summed E-state index contributed by atoms with van der Waals surface area (Å²) in [4.78, 5) is 8.87. The molecule has 2 aromatic heterocycles. The van der Waals surface area contributed by atoms with Gasteiger partial charge in [-0.15, -0.1) is 5.10 Å². The van der Waals surface area contributed by atoms with Gasteiger partial charge in [0.05, 0.1) is 24.6 Å². The molecule has 3 atom stereocenters. The number of nitrogens with zero attached hydrogens (tertiary/aromatic N) is 5. The van der Waals surface area contributed by atoms with E-state index in [4.69, 9.17) is 11.6 Å². The summed E-state index contributed by atoms with van der Waals surface area (Å²) < 4.78 is 26.4. The van der Waals surface area contributed by atoms with E-state index in [1.165, 1.54) is 30.0 Å². The number of imidazole rings is 1. The van der Waals surface area contributed by atoms with Crippen LogP contribution in [0, 0.1) is 5.92 Å². The normalized spacial score (nSPS) is 25.5. The third kappa shape index (κ3) is 4.21. The third-order valence-electron chi connectivity index (χ3n) is 6.22. The lowest BCUT2D eigenvalue weighted by molar-refractivity contribution is 0.0950. The number of nitrogens with one attached hydrogen (secondary N) is 1. The summed E-state index contributed by atoms with van der Waals surface area (Å²) in [7, 11) is -3.32. The maximum absolute atomic E-state index is 11.7. The van der Waals surface area contributed by atoms with Crippen molar-refractivity contribution in [3.63, 3.8) is 0 Å². The van der Waals surface area contributed by atoms with Crippen LogP contribution in [0.3, 0.4) is 0 Å². The SMILES string of the molecule is CC(c1nc(Cl)c2cnc(N[C@@H]3CCN(S(C)(=O)=O)C[C@@H]3O)nn12)C1CCCC1. The minimum absolute atomic E-state index is 0.0552. The van der Waals surface area contributed by atoms with Crippen molar-refractivity contribution in [1.29, 1.82) is 0 Å². The minimum atomic E-state index is -3.32. The Balaban J connectivity index is 1.55. The Kier molecular flexibility index (Phi) is 5.71. The van der Waals surface area contributed by atoms with Gasteiger partial charge in [-0.3, -0.25) is 0 Å². The molecule has 0 spiro atoms. The molecule has 0 amide bonds. The van der Waals surface area contributed by atoms with Crippen LogP contribution >= 0.6 is 11.6 Å². The van der Waals surface area contributed by atoms with Crippen molar-refractivity contribution in [2.45, 2.75) is 57.1 Å². The molecule has 2 aromatic rings. The predicted octanol–water partition coefficient (Wildman–Crippen LogP) is 1.88. The van der Waals surface area contributed by atoms with Gasteiger partial charge in [0.25, 0.3) is 0 Å². The first-order valence-electron chi connectivity index (χ1n) is 10.0. The number of hydrogen-bond donors (Lipinski definition) is 2. The lowest BCUT2D eigenvalue weighted by Gasteiger charge is -2.34. The topological polar surface area (TPSA) is 113 Å². The number of aliphatic hydroxyl groups is 1. The number of piperidine rings is 1. The minimum Gasteiger partial charge on any atom is -0.390 e. The second kappa shape index (κ2) is 7.98. The molecule has 1 saturated heterocycles. The predicted molar refractivity (Wildman–Crippen MR) is 111 cm³/mol. The zero-order chi connectivity index (χ0) is 20.8. The summed E-state index contributed by atoms with van der Waals surface area (Å²) >= 11 is 6.32. The number of hydrogen-bond acceptors (Lipinski definition) is 7. The zero-order valence-electron chi connectivity index (χ0n) is 16.6. The molecule has 0 bridgehead atoms. The second-order valence-electron chi connectivity index (χ2n) is 8.20. The molecule has 0 aromatic carbocycles. The highest BCUT2D eigenvalue weighted by Gasteiger charge is 2.33. The summed E-state index contributed by atoms with van der Waals surface area (Å²) in [6.45, 7) is 2.57. The second-order valence-corrected chi connectivity index (χ2v) is 10.5. The van der Waals surface area contributed by atoms with E-state index in [1.54, 1.807) is 10.7 Å². The van der Waals surface area contributed by atoms with Gasteiger partial charge in [-0.05, 0) is 25.2 Å². The Morgan fingerprint density at radius 1 is 1.31 bits per heavy atom. The molecule has 1 aliphatic heterocycles. The Morgan fingerprint density at radius 2 is 2.03 bits per heavy atom. The highest BCUT2D eigenvalue weighted by atomic mass is 35.5. The molecule has 9 nitrogen and oxygen atoms in total. The van der Waals surface area contributed by atoms with Gasteiger partial charge < -0.3 is 10.4 Å². The average Bonchev–Trinajstić information content (AvgIpc) is 3.30. The first-order chi connectivity index (χ1) is 13.7. The number of β-amino-alcohol motifs (C(OH)–C–C–N with tert-alkyl or cyclic N) is 1. The van der Waals surface area contributed by atoms with Gasteiger partial charge in [0.1, 0.15) is 11.3 Å². The van der Waals surface area contributed by atoms with Crippen molar-refractivity contribution in [1.82, 2.24) is 23.9 Å². The smallest absolute Gasteiger partial charge is 0.241 e. The van der Waals surface area contributed by atoms with Gasteiger partial charge in [0.2, 0.25) is 16.0 Å². The molecule has 11 heteroatoms. The molecule has 3 heterocycles. The molecule has 160 valence electrons. The van der Waals surface area contributed by atoms with Gasteiger partial charge >= 0.3 is 0 Å². The van der Waals surface area contributed by atoms with E-state index in [2.05, 4.69) is 27.3 Å². The zero-order valence-corrected chi connectivity index (χ0v) is 18.2. The Bertz CT molecular complexity index is 991. The van der Waals surface area contributed by atoms with E-state index in [1.807, 2.05) is 0 Å². The molecular formula is C18H27ClN6O3S. The van der Waals surface area contributed by atoms with Crippen LogP contribution in [0.2, 0.25) is 5.15 Å². The molecule has 2 fully saturated rings. The number of aromatic nitrogens is 4. The van der Waals surface area contributed by atoms with E-state index < -0.39 is 16.1 Å². The summed E-state index contributed by atoms with van der Waals surface area (Å²) in [5.41, 5.74) is 0.657. The molecule has 1 saturated carbocycles. The van der Waals surface area contributed by atoms with E-state index in [0.29, 0.717) is 35.5 Å². The van der Waals surface area contributed by atoms with Crippen molar-refractivity contribution in [3.05, 3.63) is 17.2 Å². The maximum Gasteiger partial charge on any atom is 0.241 e. The molecule has 0 radical (unpaired) electrons. The average molecular weight is 443 g/mol. The Morgan fingerprint density at radius 3 is 2.69 bits per heavy atom. The fourth-order valence-electron chi connectivity index (χ4n) is 4.44. The van der Waals surface area contributed by atoms with Gasteiger partial charge in [-0.25, -0.2) is 22.9 Å². The van der Waals surface area contributed by atoms with E-state index in [9.17, 15) is 13.5 Å². The van der Waals surface area contributed by atoms with Gasteiger partial charge in [0, 0.05) is 19.0 Å². The quantitative estimate of drug-likeness (QED) is 0.726. The monoisotopic (exact) mass is 442 g/mol. The van der Waals surface area contributed by atoms with E-state index in [0.717, 1.165) is 12.1 Å². The van der Waals surface area contributed by atoms with Crippen molar-refractivity contribution in [3.8, 4) is 0 Å². The van der Waals surface area contributed by atoms with Gasteiger partial charge in [-0.1, -0.05) is 31.4 Å². The van der Waals surface area contributed by atoms with Crippen molar-refractivity contribution in [2.24, 2.45) is 5.92 Å². The number of rotatable bonds is 5. The summed E-state index contributed by atoms with van der Waals surface area (Å²) in [6, 6.07) is -0.333. The molecule has 4 rings (SSSR count). The van der Waals surface area contributed by atoms with Crippen molar-refractivity contribution < 1.29 is 13.5 Å². The lowest BCUT2D eigenvalue weighted by Crippen LogP contribution is -2.51. The summed E-state index contributed by atoms with van der Waals surface area (Å²) in [5, 5.41) is 18.5. The number of sulfonamides is 1. The molecular weight excluding hydrogens is 416 g/mol. The molecule has 1 unspecified atom stereocenters. The third-order valence-corrected chi connectivity index (χ3v) is 7.76. The first-order valence-corrected chi connectivity index (χ1v) is 12.3. The van der Waals surface area contributed by atoms with Crippen LogP contribution in [-0.2, 0) is 10.0 Å². The summed E-state index contributed by atoms with van der Waals surface area (Å²) in [6.07, 6.45) is 7.28. The molecule has 1 aliphatic carbocycles. The lowest BCUT2D eigenvalue weighted by atomic mass is 9.92. The van der Waals surface area contributed by atoms with Crippen LogP contribution in [0.15, 0.2) is 6.20 Å². The largest absolute Gasteiger partial charge is 0.390 e. The van der Waals surface area contributed by atoms with Crippen molar-refractivity contribution in [2.75, 3.05) is 24.7 Å². The Hall–Kier alpha value is -1.49. The molecule has 2 aliphatic rings. The van der Waals surface area contributed by atoms with Gasteiger partial charge in [0.15, 0.2) is 5.15 Å². The highest BCUT2D eigenvalue weighted by Crippen LogP contribution is 2.37. The fraction of sp³-hybridized carbons (Fsp3) is 0.722. The first kappa shape index (κ1) is 20.8. The highest BCUT2D eigenvalue weighted by molar-refractivity contribution is 7.88. The van der Waals surface area contributed by atoms with Crippen molar-refractivity contribution >= 4 is 33.1 Å². The summed E-state index contributed by atoms with van der Waals surface area (Å²) in [5.74, 6) is 2.01. The standard InChI is InChI=1S/C18H27ClN6O3S/c1-11(12-5-3-4-6-12)17-22-16(19)14-9-20-18(23-25(14)17)21-13-7-8-24(10-15(13)26)29(2,27)28/h9,11-13,15,26H,3-8,10H2,1-2H3,(H,21,23)/t11?,13-,15+/m1/s1. The van der Waals surface area contributed by atoms with Crippen LogP contribution in [0.1, 0.15) is 50.8 Å². The van der Waals surface area contributed by atoms with Crippen LogP contribution < -0.4 is 5.32 Å². The molecule has 2 N–H and O–H groups in total. The van der Waals surface area contributed by atoms with Crippen LogP contribution in [0.5, 0.6) is 0 Å². The van der Waals surface area contributed by atoms with Crippen LogP contribution in [0.25, 0.3) is 5.52 Å². The maximum atomic E-state index is 11.7. The number of halogens is 1. The van der Waals surface area contributed by atoms with Gasteiger partial charge in [-0.2, -0.15) is 4.31 Å². The number of aliphatic hydroxyl groups excluding tert-OH is 1. The number of fused-ring (bicyclic) bond motifs is 1. The van der Waals surface area contributed by atoms with E-state index >= 15 is 0 Å². The number of anilines is 1.